The van der Waals surface area contributed by atoms with Gasteiger partial charge in [-0.1, -0.05) is 103 Å². The minimum atomic E-state index is -0.560. The molecule has 1 atom stereocenters. The van der Waals surface area contributed by atoms with Crippen LogP contribution >= 0.6 is 0 Å². The van der Waals surface area contributed by atoms with Gasteiger partial charge in [-0.15, -0.1) is 0 Å². The molecule has 1 unspecified atom stereocenters. The van der Waals surface area contributed by atoms with Crippen LogP contribution in [0.2, 0.25) is 0 Å². The number of likely N-dealkylation sites (tertiary alicyclic amines) is 1. The van der Waals surface area contributed by atoms with Crippen molar-refractivity contribution in [3.8, 4) is 0 Å². The number of unbranched alkanes of at least 4 members (excludes halogenated alkanes) is 15. The predicted octanol–water partition coefficient (Wildman–Crippen LogP) is 6.31. The summed E-state index contributed by atoms with van der Waals surface area (Å²) in [5.74, 6) is -0.887. The maximum Gasteiger partial charge on any atom is 0.317 e. The third kappa shape index (κ3) is 13.1. The molecule has 0 aliphatic carbocycles. The number of carbonyl (C=O) groups is 2. The normalized spacial score (nSPS) is 17.6. The SMILES string of the molecule is CCCCCCCCCCCCCCCCCCN1CCC(=O)C(C(=O)OC)C1. The van der Waals surface area contributed by atoms with Crippen LogP contribution in [0.4, 0.5) is 0 Å². The van der Waals surface area contributed by atoms with Crippen molar-refractivity contribution in [2.45, 2.75) is 116 Å². The number of esters is 1. The van der Waals surface area contributed by atoms with Gasteiger partial charge in [0, 0.05) is 19.5 Å². The molecule has 0 saturated carbocycles. The van der Waals surface area contributed by atoms with E-state index in [-0.39, 0.29) is 11.8 Å². The molecular formula is C25H47NO3. The Morgan fingerprint density at radius 2 is 1.28 bits per heavy atom. The summed E-state index contributed by atoms with van der Waals surface area (Å²) in [6, 6.07) is 0. The fraction of sp³-hybridized carbons (Fsp3) is 0.920. The molecule has 4 nitrogen and oxygen atoms in total. The monoisotopic (exact) mass is 409 g/mol. The van der Waals surface area contributed by atoms with E-state index in [2.05, 4.69) is 11.8 Å². The van der Waals surface area contributed by atoms with Crippen molar-refractivity contribution in [1.29, 1.82) is 0 Å². The molecule has 0 bridgehead atoms. The van der Waals surface area contributed by atoms with Gasteiger partial charge in [-0.2, -0.15) is 0 Å². The third-order valence-corrected chi connectivity index (χ3v) is 6.32. The molecule has 170 valence electrons. The Balaban J connectivity index is 1.84. The molecule has 0 aromatic rings. The zero-order valence-electron chi connectivity index (χ0n) is 19.4. The van der Waals surface area contributed by atoms with Crippen molar-refractivity contribution in [3.63, 3.8) is 0 Å². The second kappa shape index (κ2) is 17.9. The Labute approximate surface area is 180 Å². The van der Waals surface area contributed by atoms with Crippen LogP contribution < -0.4 is 0 Å². The molecule has 0 amide bonds. The van der Waals surface area contributed by atoms with Gasteiger partial charge in [-0.3, -0.25) is 9.59 Å². The molecular weight excluding hydrogens is 362 g/mol. The number of piperidine rings is 1. The molecule has 4 heteroatoms. The third-order valence-electron chi connectivity index (χ3n) is 6.32. The molecule has 0 radical (unpaired) electrons. The summed E-state index contributed by atoms with van der Waals surface area (Å²) in [6.45, 7) is 4.62. The standard InChI is InChI=1S/C25H47NO3/c1-3-4-5-6-7-8-9-10-11-12-13-14-15-16-17-18-20-26-21-19-24(27)23(22-26)25(28)29-2/h23H,3-22H2,1-2H3. The van der Waals surface area contributed by atoms with Gasteiger partial charge < -0.3 is 9.64 Å². The molecule has 1 aliphatic heterocycles. The summed E-state index contributed by atoms with van der Waals surface area (Å²) in [7, 11) is 1.37. The zero-order chi connectivity index (χ0) is 21.2. The topological polar surface area (TPSA) is 46.6 Å². The molecule has 1 rings (SSSR count). The Hall–Kier alpha value is -0.900. The lowest BCUT2D eigenvalue weighted by molar-refractivity contribution is -0.151. The lowest BCUT2D eigenvalue weighted by Crippen LogP contribution is -2.44. The Kier molecular flexibility index (Phi) is 16.1. The zero-order valence-corrected chi connectivity index (χ0v) is 19.4. The van der Waals surface area contributed by atoms with Crippen molar-refractivity contribution in [2.75, 3.05) is 26.7 Å². The average molecular weight is 410 g/mol. The van der Waals surface area contributed by atoms with Gasteiger partial charge in [0.2, 0.25) is 0 Å². The number of hydrogen-bond acceptors (Lipinski definition) is 4. The van der Waals surface area contributed by atoms with E-state index in [0.717, 1.165) is 13.1 Å². The van der Waals surface area contributed by atoms with Crippen LogP contribution in [0, 0.1) is 5.92 Å². The predicted molar refractivity (Wildman–Crippen MR) is 121 cm³/mol. The molecule has 1 heterocycles. The highest BCUT2D eigenvalue weighted by molar-refractivity contribution is 5.99. The van der Waals surface area contributed by atoms with Crippen molar-refractivity contribution in [2.24, 2.45) is 5.92 Å². The lowest BCUT2D eigenvalue weighted by atomic mass is 9.96. The van der Waals surface area contributed by atoms with Crippen LogP contribution in [0.3, 0.4) is 0 Å². The van der Waals surface area contributed by atoms with E-state index in [1.54, 1.807) is 0 Å². The summed E-state index contributed by atoms with van der Waals surface area (Å²) >= 11 is 0. The highest BCUT2D eigenvalue weighted by atomic mass is 16.5. The second-order valence-electron chi connectivity index (χ2n) is 8.90. The summed E-state index contributed by atoms with van der Waals surface area (Å²) in [4.78, 5) is 25.8. The van der Waals surface area contributed by atoms with E-state index in [9.17, 15) is 9.59 Å². The molecule has 1 saturated heterocycles. The van der Waals surface area contributed by atoms with Crippen molar-refractivity contribution < 1.29 is 14.3 Å². The van der Waals surface area contributed by atoms with Gasteiger partial charge in [0.15, 0.2) is 0 Å². The summed E-state index contributed by atoms with van der Waals surface area (Å²) in [5, 5.41) is 0. The first-order chi connectivity index (χ1) is 14.2. The van der Waals surface area contributed by atoms with E-state index in [1.165, 1.54) is 110 Å². The van der Waals surface area contributed by atoms with Gasteiger partial charge in [0.25, 0.3) is 0 Å². The van der Waals surface area contributed by atoms with Gasteiger partial charge in [-0.25, -0.2) is 0 Å². The first kappa shape index (κ1) is 26.1. The molecule has 1 aliphatic rings. The second-order valence-corrected chi connectivity index (χ2v) is 8.90. The number of methoxy groups -OCH3 is 1. The van der Waals surface area contributed by atoms with Crippen LogP contribution in [0.15, 0.2) is 0 Å². The average Bonchev–Trinajstić information content (AvgIpc) is 2.74. The van der Waals surface area contributed by atoms with Gasteiger partial charge in [0.1, 0.15) is 11.7 Å². The number of Topliss-reactive ketones (excluding diaryl/α,β-unsaturated/α-hetero) is 1. The Morgan fingerprint density at radius 1 is 0.828 bits per heavy atom. The smallest absolute Gasteiger partial charge is 0.317 e. The van der Waals surface area contributed by atoms with Crippen LogP contribution in [-0.4, -0.2) is 43.4 Å². The summed E-state index contributed by atoms with van der Waals surface area (Å²) in [6.07, 6.45) is 22.5. The molecule has 1 fully saturated rings. The first-order valence-corrected chi connectivity index (χ1v) is 12.5. The van der Waals surface area contributed by atoms with E-state index in [0.29, 0.717) is 13.0 Å². The maximum absolute atomic E-state index is 11.8. The van der Waals surface area contributed by atoms with E-state index in [4.69, 9.17) is 4.74 Å². The minimum absolute atomic E-state index is 0.0417. The summed E-state index contributed by atoms with van der Waals surface area (Å²) in [5.41, 5.74) is 0. The van der Waals surface area contributed by atoms with Gasteiger partial charge >= 0.3 is 5.97 Å². The maximum atomic E-state index is 11.8. The van der Waals surface area contributed by atoms with Crippen LogP contribution in [-0.2, 0) is 14.3 Å². The van der Waals surface area contributed by atoms with E-state index < -0.39 is 5.92 Å². The van der Waals surface area contributed by atoms with Crippen molar-refractivity contribution in [1.82, 2.24) is 4.90 Å². The van der Waals surface area contributed by atoms with Crippen molar-refractivity contribution >= 4 is 11.8 Å². The molecule has 0 aromatic carbocycles. The Morgan fingerprint density at radius 3 is 1.72 bits per heavy atom. The molecule has 0 N–H and O–H groups in total. The number of rotatable bonds is 18. The van der Waals surface area contributed by atoms with E-state index in [1.807, 2.05) is 0 Å². The van der Waals surface area contributed by atoms with E-state index >= 15 is 0 Å². The molecule has 0 aromatic heterocycles. The number of nitrogens with zero attached hydrogens (tertiary/aromatic N) is 1. The van der Waals surface area contributed by atoms with Gasteiger partial charge in [0.05, 0.1) is 7.11 Å². The van der Waals surface area contributed by atoms with Crippen molar-refractivity contribution in [3.05, 3.63) is 0 Å². The van der Waals surface area contributed by atoms with Crippen LogP contribution in [0.5, 0.6) is 0 Å². The number of ether oxygens (including phenoxy) is 1. The molecule has 0 spiro atoms. The number of ketones is 1. The fourth-order valence-electron chi connectivity index (χ4n) is 4.33. The van der Waals surface area contributed by atoms with Crippen LogP contribution in [0.25, 0.3) is 0 Å². The quantitative estimate of drug-likeness (QED) is 0.151. The summed E-state index contributed by atoms with van der Waals surface area (Å²) < 4.78 is 4.76. The Bertz CT molecular complexity index is 416. The fourth-order valence-corrected chi connectivity index (χ4v) is 4.33. The number of carbonyl (C=O) groups excluding carboxylic acids is 2. The largest absolute Gasteiger partial charge is 0.468 e. The lowest BCUT2D eigenvalue weighted by Gasteiger charge is -2.30. The highest BCUT2D eigenvalue weighted by Crippen LogP contribution is 2.17. The minimum Gasteiger partial charge on any atom is -0.468 e. The van der Waals surface area contributed by atoms with Gasteiger partial charge in [-0.05, 0) is 13.0 Å². The first-order valence-electron chi connectivity index (χ1n) is 12.5. The molecule has 29 heavy (non-hydrogen) atoms. The number of hydrogen-bond donors (Lipinski definition) is 0. The highest BCUT2D eigenvalue weighted by Gasteiger charge is 2.33. The van der Waals surface area contributed by atoms with Crippen LogP contribution in [0.1, 0.15) is 116 Å².